The van der Waals surface area contributed by atoms with E-state index in [1.54, 1.807) is 6.07 Å². The lowest BCUT2D eigenvalue weighted by molar-refractivity contribution is -0.00466. The van der Waals surface area contributed by atoms with Crippen LogP contribution in [0.15, 0.2) is 41.3 Å². The fourth-order valence-corrected chi connectivity index (χ4v) is 3.86. The van der Waals surface area contributed by atoms with Gasteiger partial charge in [0.2, 0.25) is 0 Å². The number of hydrogen-bond donors (Lipinski definition) is 1. The Bertz CT molecular complexity index is 621. The minimum atomic E-state index is 0.0300. The molecule has 2 aromatic rings. The number of aromatic hydroxyl groups is 1. The normalized spacial score (nSPS) is 21.4. The van der Waals surface area contributed by atoms with E-state index in [1.165, 1.54) is 4.90 Å². The standard InChI is InChI=1S/C17H20O2S/c1-17(2)10-9-12(19-17)11-20-16-8-7-15(18)13-5-3-4-6-14(13)16/h3-8,12,18H,9-11H2,1-2H3. The van der Waals surface area contributed by atoms with Crippen molar-refractivity contribution >= 4 is 22.5 Å². The summed E-state index contributed by atoms with van der Waals surface area (Å²) in [5.74, 6) is 1.32. The van der Waals surface area contributed by atoms with Crippen molar-refractivity contribution in [3.05, 3.63) is 36.4 Å². The number of benzene rings is 2. The Morgan fingerprint density at radius 3 is 2.65 bits per heavy atom. The van der Waals surface area contributed by atoms with Crippen LogP contribution in [0.2, 0.25) is 0 Å². The molecule has 0 aromatic heterocycles. The molecule has 1 aliphatic rings. The van der Waals surface area contributed by atoms with Gasteiger partial charge in [0, 0.05) is 16.0 Å². The smallest absolute Gasteiger partial charge is 0.123 e. The average Bonchev–Trinajstić information content (AvgIpc) is 2.78. The van der Waals surface area contributed by atoms with E-state index in [1.807, 2.05) is 36.0 Å². The van der Waals surface area contributed by atoms with Crippen LogP contribution in [-0.2, 0) is 4.74 Å². The number of hydrogen-bond acceptors (Lipinski definition) is 3. The molecule has 1 N–H and O–H groups in total. The minimum absolute atomic E-state index is 0.0300. The second-order valence-corrected chi connectivity index (χ2v) is 7.04. The summed E-state index contributed by atoms with van der Waals surface area (Å²) in [7, 11) is 0. The van der Waals surface area contributed by atoms with Gasteiger partial charge < -0.3 is 9.84 Å². The molecule has 1 atom stereocenters. The third kappa shape index (κ3) is 2.79. The fraction of sp³-hybridized carbons (Fsp3) is 0.412. The Morgan fingerprint density at radius 1 is 1.20 bits per heavy atom. The van der Waals surface area contributed by atoms with Crippen molar-refractivity contribution in [2.75, 3.05) is 5.75 Å². The Balaban J connectivity index is 1.77. The number of fused-ring (bicyclic) bond motifs is 1. The molecular formula is C17H20O2S. The average molecular weight is 288 g/mol. The number of ether oxygens (including phenoxy) is 1. The van der Waals surface area contributed by atoms with Gasteiger partial charge in [-0.1, -0.05) is 24.3 Å². The second-order valence-electron chi connectivity index (χ2n) is 5.98. The van der Waals surface area contributed by atoms with Gasteiger partial charge in [-0.3, -0.25) is 0 Å². The van der Waals surface area contributed by atoms with Crippen molar-refractivity contribution < 1.29 is 9.84 Å². The SMILES string of the molecule is CC1(C)CCC(CSc2ccc(O)c3ccccc23)O1. The molecule has 0 amide bonds. The summed E-state index contributed by atoms with van der Waals surface area (Å²) in [6.07, 6.45) is 2.60. The molecule has 1 heterocycles. The number of phenols is 1. The zero-order chi connectivity index (χ0) is 14.2. The molecule has 0 bridgehead atoms. The Kier molecular flexibility index (Phi) is 3.65. The maximum atomic E-state index is 9.91. The highest BCUT2D eigenvalue weighted by Gasteiger charge is 2.31. The summed E-state index contributed by atoms with van der Waals surface area (Å²) in [4.78, 5) is 1.21. The van der Waals surface area contributed by atoms with E-state index in [0.717, 1.165) is 29.4 Å². The summed E-state index contributed by atoms with van der Waals surface area (Å²) in [6, 6.07) is 11.8. The Labute approximate surface area is 124 Å². The summed E-state index contributed by atoms with van der Waals surface area (Å²) < 4.78 is 6.04. The molecule has 106 valence electrons. The molecule has 0 aliphatic carbocycles. The van der Waals surface area contributed by atoms with Crippen LogP contribution < -0.4 is 0 Å². The van der Waals surface area contributed by atoms with Gasteiger partial charge in [0.15, 0.2) is 0 Å². The Morgan fingerprint density at radius 2 is 1.95 bits per heavy atom. The first-order chi connectivity index (χ1) is 9.55. The molecule has 20 heavy (non-hydrogen) atoms. The largest absolute Gasteiger partial charge is 0.507 e. The van der Waals surface area contributed by atoms with E-state index < -0.39 is 0 Å². The van der Waals surface area contributed by atoms with Gasteiger partial charge in [0.05, 0.1) is 11.7 Å². The zero-order valence-corrected chi connectivity index (χ0v) is 12.7. The number of rotatable bonds is 3. The van der Waals surface area contributed by atoms with Gasteiger partial charge >= 0.3 is 0 Å². The minimum Gasteiger partial charge on any atom is -0.507 e. The molecule has 1 saturated heterocycles. The molecule has 2 nitrogen and oxygen atoms in total. The van der Waals surface area contributed by atoms with Crippen LogP contribution in [0, 0.1) is 0 Å². The van der Waals surface area contributed by atoms with Gasteiger partial charge in [-0.2, -0.15) is 0 Å². The number of phenolic OH excluding ortho intramolecular Hbond substituents is 1. The molecule has 2 aromatic carbocycles. The third-order valence-electron chi connectivity index (χ3n) is 3.84. The van der Waals surface area contributed by atoms with E-state index in [2.05, 4.69) is 19.9 Å². The first kappa shape index (κ1) is 13.8. The first-order valence-electron chi connectivity index (χ1n) is 7.06. The lowest BCUT2D eigenvalue weighted by atomic mass is 10.1. The van der Waals surface area contributed by atoms with E-state index in [9.17, 15) is 5.11 Å². The van der Waals surface area contributed by atoms with Crippen LogP contribution in [0.3, 0.4) is 0 Å². The van der Waals surface area contributed by atoms with Gasteiger partial charge in [0.1, 0.15) is 5.75 Å². The maximum Gasteiger partial charge on any atom is 0.123 e. The zero-order valence-electron chi connectivity index (χ0n) is 11.9. The Hall–Kier alpha value is -1.19. The monoisotopic (exact) mass is 288 g/mol. The highest BCUT2D eigenvalue weighted by molar-refractivity contribution is 7.99. The van der Waals surface area contributed by atoms with Crippen LogP contribution >= 0.6 is 11.8 Å². The predicted octanol–water partition coefficient (Wildman–Crippen LogP) is 4.60. The van der Waals surface area contributed by atoms with Crippen LogP contribution in [0.1, 0.15) is 26.7 Å². The van der Waals surface area contributed by atoms with Crippen LogP contribution in [0.25, 0.3) is 10.8 Å². The van der Waals surface area contributed by atoms with E-state index >= 15 is 0 Å². The molecule has 0 spiro atoms. The molecule has 0 saturated carbocycles. The predicted molar refractivity (Wildman–Crippen MR) is 84.5 cm³/mol. The van der Waals surface area contributed by atoms with Crippen molar-refractivity contribution in [3.8, 4) is 5.75 Å². The van der Waals surface area contributed by atoms with Crippen molar-refractivity contribution in [1.82, 2.24) is 0 Å². The molecule has 0 radical (unpaired) electrons. The van der Waals surface area contributed by atoms with Crippen LogP contribution in [-0.4, -0.2) is 22.6 Å². The summed E-state index contributed by atoms with van der Waals surface area (Å²) in [6.45, 7) is 4.32. The molecule has 1 unspecified atom stereocenters. The first-order valence-corrected chi connectivity index (χ1v) is 8.05. The molecule has 1 fully saturated rings. The molecular weight excluding hydrogens is 268 g/mol. The highest BCUT2D eigenvalue weighted by atomic mass is 32.2. The molecule has 1 aliphatic heterocycles. The lowest BCUT2D eigenvalue weighted by Crippen LogP contribution is -2.21. The quantitative estimate of drug-likeness (QED) is 0.837. The van der Waals surface area contributed by atoms with Crippen molar-refractivity contribution in [3.63, 3.8) is 0 Å². The van der Waals surface area contributed by atoms with E-state index in [4.69, 9.17) is 4.74 Å². The van der Waals surface area contributed by atoms with Crippen LogP contribution in [0.5, 0.6) is 5.75 Å². The fourth-order valence-electron chi connectivity index (χ4n) is 2.76. The van der Waals surface area contributed by atoms with Gasteiger partial charge in [-0.05, 0) is 44.2 Å². The highest BCUT2D eigenvalue weighted by Crippen LogP contribution is 2.36. The summed E-state index contributed by atoms with van der Waals surface area (Å²) >= 11 is 1.82. The second kappa shape index (κ2) is 5.30. The van der Waals surface area contributed by atoms with Crippen LogP contribution in [0.4, 0.5) is 0 Å². The number of thioether (sulfide) groups is 1. The van der Waals surface area contributed by atoms with Gasteiger partial charge in [-0.25, -0.2) is 0 Å². The topological polar surface area (TPSA) is 29.5 Å². The third-order valence-corrected chi connectivity index (χ3v) is 5.05. The summed E-state index contributed by atoms with van der Waals surface area (Å²) in [5.41, 5.74) is 0.0300. The van der Waals surface area contributed by atoms with E-state index in [-0.39, 0.29) is 5.60 Å². The maximum absolute atomic E-state index is 9.91. The molecule has 3 rings (SSSR count). The van der Waals surface area contributed by atoms with Gasteiger partial charge in [-0.15, -0.1) is 11.8 Å². The van der Waals surface area contributed by atoms with E-state index in [0.29, 0.717) is 11.9 Å². The summed E-state index contributed by atoms with van der Waals surface area (Å²) in [5, 5.41) is 12.0. The van der Waals surface area contributed by atoms with Crippen molar-refractivity contribution in [2.45, 2.75) is 43.3 Å². The lowest BCUT2D eigenvalue weighted by Gasteiger charge is -2.19. The molecule has 3 heteroatoms. The van der Waals surface area contributed by atoms with Crippen molar-refractivity contribution in [1.29, 1.82) is 0 Å². The van der Waals surface area contributed by atoms with Gasteiger partial charge in [0.25, 0.3) is 0 Å². The van der Waals surface area contributed by atoms with Crippen molar-refractivity contribution in [2.24, 2.45) is 0 Å².